The number of ether oxygens (including phenoxy) is 1. The predicted octanol–water partition coefficient (Wildman–Crippen LogP) is 1.45. The first-order valence-corrected chi connectivity index (χ1v) is 8.55. The van der Waals surface area contributed by atoms with Gasteiger partial charge in [0.15, 0.2) is 0 Å². The number of tetrazole rings is 1. The van der Waals surface area contributed by atoms with Crippen molar-refractivity contribution in [3.8, 4) is 5.69 Å². The fraction of sp³-hybridized carbons (Fsp3) is 0.188. The van der Waals surface area contributed by atoms with Gasteiger partial charge in [-0.15, -0.1) is 5.10 Å². The first-order chi connectivity index (χ1) is 12.7. The smallest absolute Gasteiger partial charge is 0.337 e. The Bertz CT molecular complexity index is 876. The largest absolute Gasteiger partial charge is 0.467 e. The van der Waals surface area contributed by atoms with Gasteiger partial charge >= 0.3 is 5.97 Å². The molecular formula is C16H15N5O4S. The number of hydrogen-bond acceptors (Lipinski definition) is 8. The molecule has 26 heavy (non-hydrogen) atoms. The van der Waals surface area contributed by atoms with Gasteiger partial charge in [0.2, 0.25) is 11.1 Å². The summed E-state index contributed by atoms with van der Waals surface area (Å²) in [6.45, 7) is 0.326. The third-order valence-corrected chi connectivity index (χ3v) is 4.27. The van der Waals surface area contributed by atoms with Crippen LogP contribution in [0.4, 0.5) is 0 Å². The monoisotopic (exact) mass is 373 g/mol. The van der Waals surface area contributed by atoms with E-state index in [-0.39, 0.29) is 11.7 Å². The summed E-state index contributed by atoms with van der Waals surface area (Å²) in [5, 5.41) is 14.7. The van der Waals surface area contributed by atoms with E-state index < -0.39 is 5.97 Å². The van der Waals surface area contributed by atoms with Crippen LogP contribution < -0.4 is 5.32 Å². The number of methoxy groups -OCH3 is 1. The van der Waals surface area contributed by atoms with E-state index in [1.165, 1.54) is 23.6 Å². The molecule has 0 aliphatic carbocycles. The molecule has 1 N–H and O–H groups in total. The molecule has 3 rings (SSSR count). The summed E-state index contributed by atoms with van der Waals surface area (Å²) in [6, 6.07) is 10.2. The standard InChI is InChI=1S/C16H15N5O4S/c1-24-15(23)11-4-6-12(7-5-11)21-16(18-19-20-21)26-10-14(22)17-9-13-3-2-8-25-13/h2-8H,9-10H2,1H3,(H,17,22). The summed E-state index contributed by atoms with van der Waals surface area (Å²) < 4.78 is 11.3. The fourth-order valence-electron chi connectivity index (χ4n) is 2.07. The minimum Gasteiger partial charge on any atom is -0.467 e. The number of amides is 1. The maximum Gasteiger partial charge on any atom is 0.337 e. The number of nitrogens with one attached hydrogen (secondary N) is 1. The van der Waals surface area contributed by atoms with Gasteiger partial charge < -0.3 is 14.5 Å². The van der Waals surface area contributed by atoms with Crippen LogP contribution in [0.15, 0.2) is 52.2 Å². The van der Waals surface area contributed by atoms with Crippen LogP contribution in [-0.4, -0.2) is 44.9 Å². The molecule has 0 saturated carbocycles. The molecule has 0 saturated heterocycles. The first kappa shape index (κ1) is 17.7. The number of benzene rings is 1. The van der Waals surface area contributed by atoms with Crippen molar-refractivity contribution >= 4 is 23.6 Å². The van der Waals surface area contributed by atoms with Crippen LogP contribution in [0.25, 0.3) is 5.69 Å². The molecule has 0 aliphatic rings. The molecule has 0 spiro atoms. The van der Waals surface area contributed by atoms with E-state index in [2.05, 4.69) is 25.6 Å². The zero-order valence-electron chi connectivity index (χ0n) is 13.8. The fourth-order valence-corrected chi connectivity index (χ4v) is 2.79. The Morgan fingerprint density at radius 2 is 2.08 bits per heavy atom. The lowest BCUT2D eigenvalue weighted by molar-refractivity contribution is -0.118. The van der Waals surface area contributed by atoms with E-state index in [9.17, 15) is 9.59 Å². The summed E-state index contributed by atoms with van der Waals surface area (Å²) in [7, 11) is 1.32. The van der Waals surface area contributed by atoms with Gasteiger partial charge in [-0.2, -0.15) is 4.68 Å². The number of furan rings is 1. The number of thioether (sulfide) groups is 1. The minimum atomic E-state index is -0.420. The normalized spacial score (nSPS) is 10.5. The first-order valence-electron chi connectivity index (χ1n) is 7.56. The quantitative estimate of drug-likeness (QED) is 0.489. The number of aromatic nitrogens is 4. The lowest BCUT2D eigenvalue weighted by Crippen LogP contribution is -2.24. The van der Waals surface area contributed by atoms with Crippen molar-refractivity contribution in [3.05, 3.63) is 54.0 Å². The average molecular weight is 373 g/mol. The molecule has 0 aliphatic heterocycles. The van der Waals surface area contributed by atoms with Gasteiger partial charge in [-0.3, -0.25) is 4.79 Å². The number of carbonyl (C=O) groups excluding carboxylic acids is 2. The molecule has 1 aromatic carbocycles. The van der Waals surface area contributed by atoms with Gasteiger partial charge in [-0.05, 0) is 46.8 Å². The maximum atomic E-state index is 11.9. The van der Waals surface area contributed by atoms with E-state index >= 15 is 0 Å². The van der Waals surface area contributed by atoms with Crippen LogP contribution >= 0.6 is 11.8 Å². The molecule has 2 heterocycles. The van der Waals surface area contributed by atoms with Crippen LogP contribution in [0.3, 0.4) is 0 Å². The second-order valence-electron chi connectivity index (χ2n) is 5.06. The summed E-state index contributed by atoms with van der Waals surface area (Å²) in [5.74, 6) is 0.249. The van der Waals surface area contributed by atoms with Gasteiger partial charge in [-0.1, -0.05) is 11.8 Å². The molecule has 3 aromatic rings. The van der Waals surface area contributed by atoms with Crippen LogP contribution in [0.1, 0.15) is 16.1 Å². The van der Waals surface area contributed by atoms with Crippen molar-refractivity contribution in [1.82, 2.24) is 25.5 Å². The third-order valence-electron chi connectivity index (χ3n) is 3.35. The molecule has 10 heteroatoms. The highest BCUT2D eigenvalue weighted by atomic mass is 32.2. The SMILES string of the molecule is COC(=O)c1ccc(-n2nnnc2SCC(=O)NCc2ccco2)cc1. The molecule has 1 amide bonds. The van der Waals surface area contributed by atoms with Crippen molar-refractivity contribution in [3.63, 3.8) is 0 Å². The van der Waals surface area contributed by atoms with Gasteiger partial charge in [0, 0.05) is 0 Å². The summed E-state index contributed by atoms with van der Waals surface area (Å²) in [6.07, 6.45) is 1.55. The molecule has 0 radical (unpaired) electrons. The summed E-state index contributed by atoms with van der Waals surface area (Å²) in [4.78, 5) is 23.4. The maximum absolute atomic E-state index is 11.9. The van der Waals surface area contributed by atoms with Gasteiger partial charge in [0.05, 0.1) is 36.9 Å². The zero-order valence-corrected chi connectivity index (χ0v) is 14.6. The van der Waals surface area contributed by atoms with E-state index in [1.807, 2.05) is 0 Å². The Morgan fingerprint density at radius 1 is 1.27 bits per heavy atom. The van der Waals surface area contributed by atoms with E-state index in [4.69, 9.17) is 4.42 Å². The Labute approximate surface area is 152 Å². The Kier molecular flexibility index (Phi) is 5.64. The van der Waals surface area contributed by atoms with Crippen LogP contribution in [0.2, 0.25) is 0 Å². The second kappa shape index (κ2) is 8.30. The van der Waals surface area contributed by atoms with Crippen molar-refractivity contribution in [2.45, 2.75) is 11.7 Å². The zero-order chi connectivity index (χ0) is 18.4. The summed E-state index contributed by atoms with van der Waals surface area (Å²) >= 11 is 1.20. The number of carbonyl (C=O) groups is 2. The van der Waals surface area contributed by atoms with Gasteiger partial charge in [0.1, 0.15) is 5.76 Å². The van der Waals surface area contributed by atoms with E-state index in [1.54, 1.807) is 42.7 Å². The number of rotatable bonds is 7. The van der Waals surface area contributed by atoms with Crippen molar-refractivity contribution in [2.75, 3.05) is 12.9 Å². The predicted molar refractivity (Wildman–Crippen MR) is 91.8 cm³/mol. The lowest BCUT2D eigenvalue weighted by atomic mass is 10.2. The molecule has 0 unspecified atom stereocenters. The van der Waals surface area contributed by atoms with Crippen molar-refractivity contribution in [1.29, 1.82) is 0 Å². The highest BCUT2D eigenvalue weighted by Crippen LogP contribution is 2.18. The minimum absolute atomic E-state index is 0.154. The Balaban J connectivity index is 1.59. The topological polar surface area (TPSA) is 112 Å². The highest BCUT2D eigenvalue weighted by molar-refractivity contribution is 7.99. The average Bonchev–Trinajstić information content (AvgIpc) is 3.36. The number of esters is 1. The molecule has 2 aromatic heterocycles. The van der Waals surface area contributed by atoms with Gasteiger partial charge in [-0.25, -0.2) is 4.79 Å². The molecule has 134 valence electrons. The lowest BCUT2D eigenvalue weighted by Gasteiger charge is -2.06. The molecular weight excluding hydrogens is 358 g/mol. The van der Waals surface area contributed by atoms with Crippen LogP contribution in [0, 0.1) is 0 Å². The van der Waals surface area contributed by atoms with Crippen LogP contribution in [0.5, 0.6) is 0 Å². The molecule has 0 fully saturated rings. The Morgan fingerprint density at radius 3 is 2.77 bits per heavy atom. The van der Waals surface area contributed by atoms with E-state index in [0.29, 0.717) is 28.7 Å². The van der Waals surface area contributed by atoms with Gasteiger partial charge in [0.25, 0.3) is 0 Å². The van der Waals surface area contributed by atoms with E-state index in [0.717, 1.165) is 0 Å². The van der Waals surface area contributed by atoms with Crippen molar-refractivity contribution in [2.24, 2.45) is 0 Å². The second-order valence-corrected chi connectivity index (χ2v) is 6.00. The molecule has 9 nitrogen and oxygen atoms in total. The molecule has 0 atom stereocenters. The Hall–Kier alpha value is -3.14. The summed E-state index contributed by atoms with van der Waals surface area (Å²) in [5.41, 5.74) is 1.09. The highest BCUT2D eigenvalue weighted by Gasteiger charge is 2.13. The van der Waals surface area contributed by atoms with Crippen LogP contribution in [-0.2, 0) is 16.1 Å². The molecule has 0 bridgehead atoms. The number of hydrogen-bond donors (Lipinski definition) is 1. The third kappa shape index (κ3) is 4.28. The van der Waals surface area contributed by atoms with Crippen molar-refractivity contribution < 1.29 is 18.7 Å². The number of nitrogens with zero attached hydrogens (tertiary/aromatic N) is 4.